The molecule has 3 N–H and O–H groups in total. The molecule has 0 bridgehead atoms. The number of hydrogen-bond acceptors (Lipinski definition) is 3. The van der Waals surface area contributed by atoms with Crippen LogP contribution < -0.4 is 11.3 Å². The minimum atomic E-state index is -0.163. The molecule has 0 spiro atoms. The Morgan fingerprint density at radius 1 is 1.24 bits per heavy atom. The van der Waals surface area contributed by atoms with Gasteiger partial charge in [0.05, 0.1) is 11.6 Å². The number of nitrogens with one attached hydrogen (secondary N) is 1. The smallest absolute Gasteiger partial charge is 0.0889 e. The average molecular weight is 290 g/mol. The van der Waals surface area contributed by atoms with Gasteiger partial charge in [0.25, 0.3) is 0 Å². The Balaban J connectivity index is 2.26. The van der Waals surface area contributed by atoms with E-state index in [0.717, 1.165) is 31.8 Å². The summed E-state index contributed by atoms with van der Waals surface area (Å²) in [5.74, 6) is 6.72. The minimum absolute atomic E-state index is 0.0656. The van der Waals surface area contributed by atoms with Crippen molar-refractivity contribution in [3.05, 3.63) is 35.4 Å². The summed E-state index contributed by atoms with van der Waals surface area (Å²) in [6, 6.07) is 8.86. The second-order valence-corrected chi connectivity index (χ2v) is 6.38. The first-order valence-electron chi connectivity index (χ1n) is 8.34. The third-order valence-corrected chi connectivity index (χ3v) is 4.97. The number of aryl methyl sites for hydroxylation is 1. The molecule has 1 aliphatic rings. The van der Waals surface area contributed by atoms with Crippen LogP contribution in [0.4, 0.5) is 0 Å². The molecule has 0 radical (unpaired) electrons. The lowest BCUT2D eigenvalue weighted by Crippen LogP contribution is -2.50. The number of benzene rings is 1. The van der Waals surface area contributed by atoms with Crippen LogP contribution in [0.1, 0.15) is 63.6 Å². The van der Waals surface area contributed by atoms with Crippen LogP contribution in [-0.4, -0.2) is 12.2 Å². The summed E-state index contributed by atoms with van der Waals surface area (Å²) in [5, 5.41) is 0. The zero-order chi connectivity index (χ0) is 15.3. The summed E-state index contributed by atoms with van der Waals surface area (Å²) in [6.45, 7) is 7.32. The zero-order valence-electron chi connectivity index (χ0n) is 13.7. The van der Waals surface area contributed by atoms with E-state index < -0.39 is 0 Å². The quantitative estimate of drug-likeness (QED) is 0.620. The Morgan fingerprint density at radius 2 is 1.86 bits per heavy atom. The number of hydrazine groups is 1. The van der Waals surface area contributed by atoms with E-state index >= 15 is 0 Å². The molecule has 1 saturated carbocycles. The first-order valence-corrected chi connectivity index (χ1v) is 8.34. The summed E-state index contributed by atoms with van der Waals surface area (Å²) < 4.78 is 6.24. The van der Waals surface area contributed by atoms with E-state index in [9.17, 15) is 0 Å². The monoisotopic (exact) mass is 290 g/mol. The zero-order valence-corrected chi connectivity index (χ0v) is 13.7. The minimum Gasteiger partial charge on any atom is -0.373 e. The van der Waals surface area contributed by atoms with Gasteiger partial charge in [-0.25, -0.2) is 0 Å². The lowest BCUT2D eigenvalue weighted by atomic mass is 9.73. The molecule has 0 saturated heterocycles. The van der Waals surface area contributed by atoms with E-state index in [0.29, 0.717) is 0 Å². The maximum absolute atomic E-state index is 6.24. The van der Waals surface area contributed by atoms with Crippen LogP contribution in [0.15, 0.2) is 24.3 Å². The fourth-order valence-corrected chi connectivity index (χ4v) is 3.55. The highest BCUT2D eigenvalue weighted by Crippen LogP contribution is 2.43. The van der Waals surface area contributed by atoms with E-state index in [2.05, 4.69) is 50.5 Å². The SMILES string of the molecule is CCOC1(C(NN)c2ccc(CC)cc2)CCC(C)CC1. The highest BCUT2D eigenvalue weighted by atomic mass is 16.5. The molecule has 1 aromatic carbocycles. The standard InChI is InChI=1S/C18H30N2O/c1-4-15-6-8-16(9-7-15)17(20-19)18(21-5-2)12-10-14(3)11-13-18/h6-9,14,17,20H,4-5,10-13,19H2,1-3H3. The summed E-state index contributed by atoms with van der Waals surface area (Å²) in [5.41, 5.74) is 5.47. The van der Waals surface area contributed by atoms with Gasteiger partial charge in [-0.3, -0.25) is 11.3 Å². The van der Waals surface area contributed by atoms with Crippen LogP contribution in [-0.2, 0) is 11.2 Å². The van der Waals surface area contributed by atoms with E-state index in [1.165, 1.54) is 24.0 Å². The van der Waals surface area contributed by atoms with Crippen molar-refractivity contribution in [2.24, 2.45) is 11.8 Å². The van der Waals surface area contributed by atoms with Gasteiger partial charge >= 0.3 is 0 Å². The molecule has 1 aliphatic carbocycles. The van der Waals surface area contributed by atoms with Gasteiger partial charge in [-0.05, 0) is 56.1 Å². The topological polar surface area (TPSA) is 47.3 Å². The summed E-state index contributed by atoms with van der Waals surface area (Å²) >= 11 is 0. The molecule has 0 amide bonds. The van der Waals surface area contributed by atoms with Crippen LogP contribution in [0.3, 0.4) is 0 Å². The van der Waals surface area contributed by atoms with Gasteiger partial charge < -0.3 is 4.74 Å². The van der Waals surface area contributed by atoms with Crippen molar-refractivity contribution < 1.29 is 4.74 Å². The van der Waals surface area contributed by atoms with Crippen molar-refractivity contribution in [1.82, 2.24) is 5.43 Å². The lowest BCUT2D eigenvalue weighted by Gasteiger charge is -2.44. The van der Waals surface area contributed by atoms with Crippen molar-refractivity contribution in [3.63, 3.8) is 0 Å². The Bertz CT molecular complexity index is 421. The molecule has 21 heavy (non-hydrogen) atoms. The molecule has 0 aliphatic heterocycles. The van der Waals surface area contributed by atoms with Crippen LogP contribution >= 0.6 is 0 Å². The fraction of sp³-hybridized carbons (Fsp3) is 0.667. The average Bonchev–Trinajstić information content (AvgIpc) is 2.52. The van der Waals surface area contributed by atoms with Crippen LogP contribution in [0.2, 0.25) is 0 Å². The maximum atomic E-state index is 6.24. The van der Waals surface area contributed by atoms with Crippen molar-refractivity contribution in [1.29, 1.82) is 0 Å². The molecule has 1 atom stereocenters. The van der Waals surface area contributed by atoms with E-state index in [-0.39, 0.29) is 11.6 Å². The molecule has 3 heteroatoms. The Labute approximate surface area is 129 Å². The summed E-state index contributed by atoms with van der Waals surface area (Å²) in [4.78, 5) is 0. The highest BCUT2D eigenvalue weighted by molar-refractivity contribution is 5.27. The van der Waals surface area contributed by atoms with Crippen molar-refractivity contribution in [2.75, 3.05) is 6.61 Å². The van der Waals surface area contributed by atoms with Crippen LogP contribution in [0.25, 0.3) is 0 Å². The molecule has 2 rings (SSSR count). The van der Waals surface area contributed by atoms with Gasteiger partial charge in [0.15, 0.2) is 0 Å². The molecule has 118 valence electrons. The first kappa shape index (κ1) is 16.5. The lowest BCUT2D eigenvalue weighted by molar-refractivity contribution is -0.0977. The predicted octanol–water partition coefficient (Wildman–Crippen LogP) is 3.74. The Kier molecular flexibility index (Phi) is 5.80. The van der Waals surface area contributed by atoms with Gasteiger partial charge in [0.1, 0.15) is 0 Å². The normalized spacial score (nSPS) is 27.5. The number of nitrogens with two attached hydrogens (primary N) is 1. The predicted molar refractivity (Wildman–Crippen MR) is 87.9 cm³/mol. The Morgan fingerprint density at radius 3 is 2.33 bits per heavy atom. The molecule has 1 aromatic rings. The second kappa shape index (κ2) is 7.39. The van der Waals surface area contributed by atoms with E-state index in [1.54, 1.807) is 0 Å². The van der Waals surface area contributed by atoms with Crippen molar-refractivity contribution in [3.8, 4) is 0 Å². The third kappa shape index (κ3) is 3.65. The van der Waals surface area contributed by atoms with Gasteiger partial charge in [-0.15, -0.1) is 0 Å². The second-order valence-electron chi connectivity index (χ2n) is 6.38. The molecule has 0 heterocycles. The van der Waals surface area contributed by atoms with Crippen LogP contribution in [0.5, 0.6) is 0 Å². The third-order valence-electron chi connectivity index (χ3n) is 4.97. The first-order chi connectivity index (χ1) is 10.1. The van der Waals surface area contributed by atoms with Gasteiger partial charge in [0.2, 0.25) is 0 Å². The highest BCUT2D eigenvalue weighted by Gasteiger charge is 2.42. The summed E-state index contributed by atoms with van der Waals surface area (Å²) in [7, 11) is 0. The molecule has 0 aromatic heterocycles. The van der Waals surface area contributed by atoms with Crippen LogP contribution in [0, 0.1) is 5.92 Å². The largest absolute Gasteiger partial charge is 0.373 e. The summed E-state index contributed by atoms with van der Waals surface area (Å²) in [6.07, 6.45) is 5.64. The number of ether oxygens (including phenoxy) is 1. The van der Waals surface area contributed by atoms with Crippen molar-refractivity contribution in [2.45, 2.75) is 64.5 Å². The molecule has 1 fully saturated rings. The molecule has 3 nitrogen and oxygen atoms in total. The van der Waals surface area contributed by atoms with Gasteiger partial charge in [-0.2, -0.15) is 0 Å². The maximum Gasteiger partial charge on any atom is 0.0889 e. The molecule has 1 unspecified atom stereocenters. The van der Waals surface area contributed by atoms with Gasteiger partial charge in [0, 0.05) is 6.61 Å². The van der Waals surface area contributed by atoms with Crippen molar-refractivity contribution >= 4 is 0 Å². The van der Waals surface area contributed by atoms with Gasteiger partial charge in [-0.1, -0.05) is 38.1 Å². The number of rotatable bonds is 6. The van der Waals surface area contributed by atoms with E-state index in [4.69, 9.17) is 10.6 Å². The Hall–Kier alpha value is -0.900. The number of hydrogen-bond donors (Lipinski definition) is 2. The molecular formula is C18H30N2O. The fourth-order valence-electron chi connectivity index (χ4n) is 3.55. The molecular weight excluding hydrogens is 260 g/mol. The van der Waals surface area contributed by atoms with E-state index in [1.807, 2.05) is 0 Å².